The molecule has 4 rings (SSSR count). The van der Waals surface area contributed by atoms with E-state index in [1.807, 2.05) is 42.5 Å². The first kappa shape index (κ1) is 22.7. The number of anilines is 2. The van der Waals surface area contributed by atoms with Gasteiger partial charge in [0.1, 0.15) is 0 Å². The zero-order valence-electron chi connectivity index (χ0n) is 20.3. The molecule has 0 spiro atoms. The van der Waals surface area contributed by atoms with Crippen LogP contribution in [0.1, 0.15) is 46.6 Å². The molecule has 0 radical (unpaired) electrons. The lowest BCUT2D eigenvalue weighted by Gasteiger charge is -2.33. The number of nitrogens with zero attached hydrogens (tertiary/aromatic N) is 2. The molecule has 0 heterocycles. The number of fused-ring (bicyclic) bond motifs is 1. The van der Waals surface area contributed by atoms with E-state index in [1.54, 1.807) is 0 Å². The van der Waals surface area contributed by atoms with Crippen LogP contribution < -0.4 is 5.32 Å². The number of rotatable bonds is 6. The Bertz CT molecular complexity index is 1250. The van der Waals surface area contributed by atoms with Crippen molar-refractivity contribution in [3.8, 4) is 0 Å². The fourth-order valence-corrected chi connectivity index (χ4v) is 4.67. The summed E-state index contributed by atoms with van der Waals surface area (Å²) >= 11 is 0. The Morgan fingerprint density at radius 3 is 1.94 bits per heavy atom. The lowest BCUT2D eigenvalue weighted by Crippen LogP contribution is -2.24. The zero-order valence-corrected chi connectivity index (χ0v) is 20.3. The van der Waals surface area contributed by atoms with Gasteiger partial charge in [0.2, 0.25) is 0 Å². The molecule has 4 aromatic carbocycles. The van der Waals surface area contributed by atoms with Crippen LogP contribution >= 0.6 is 0 Å². The molecular weight excluding hydrogens is 402 g/mol. The normalized spacial score (nSPS) is 12.4. The number of azo groups is 1. The van der Waals surface area contributed by atoms with Gasteiger partial charge in [0.25, 0.3) is 0 Å². The van der Waals surface area contributed by atoms with E-state index in [0.29, 0.717) is 5.41 Å². The highest BCUT2D eigenvalue weighted by atomic mass is 15.1. The molecule has 0 saturated heterocycles. The summed E-state index contributed by atoms with van der Waals surface area (Å²) < 4.78 is 0. The van der Waals surface area contributed by atoms with Crippen LogP contribution in [0.5, 0.6) is 0 Å². The number of benzene rings is 4. The predicted octanol–water partition coefficient (Wildman–Crippen LogP) is 9.71. The van der Waals surface area contributed by atoms with E-state index in [1.165, 1.54) is 5.56 Å². The molecule has 1 N–H and O–H groups in total. The van der Waals surface area contributed by atoms with Gasteiger partial charge in [-0.05, 0) is 59.2 Å². The smallest absolute Gasteiger partial charge is 0.0936 e. The summed E-state index contributed by atoms with van der Waals surface area (Å²) in [4.78, 5) is 0. The molecule has 4 aromatic rings. The molecule has 0 unspecified atom stereocenters. The molecular formula is C30H33N3. The first-order chi connectivity index (χ1) is 15.7. The van der Waals surface area contributed by atoms with Crippen LogP contribution in [0.2, 0.25) is 0 Å². The van der Waals surface area contributed by atoms with Crippen LogP contribution in [0.4, 0.5) is 22.7 Å². The Hall–Kier alpha value is -3.46. The average Bonchev–Trinajstić information content (AvgIpc) is 2.78. The van der Waals surface area contributed by atoms with Crippen LogP contribution in [0, 0.1) is 5.41 Å². The van der Waals surface area contributed by atoms with Crippen LogP contribution in [0.25, 0.3) is 10.8 Å². The molecule has 0 aromatic heterocycles. The van der Waals surface area contributed by atoms with Gasteiger partial charge in [0.15, 0.2) is 0 Å². The molecule has 3 heteroatoms. The Morgan fingerprint density at radius 1 is 0.636 bits per heavy atom. The minimum Gasteiger partial charge on any atom is -0.355 e. The van der Waals surface area contributed by atoms with Crippen LogP contribution in [0.15, 0.2) is 101 Å². The third kappa shape index (κ3) is 5.67. The van der Waals surface area contributed by atoms with Crippen LogP contribution in [-0.4, -0.2) is 0 Å². The van der Waals surface area contributed by atoms with Crippen molar-refractivity contribution >= 4 is 33.5 Å². The van der Waals surface area contributed by atoms with E-state index in [9.17, 15) is 0 Å². The summed E-state index contributed by atoms with van der Waals surface area (Å²) in [5.41, 5.74) is 5.63. The Labute approximate surface area is 197 Å². The van der Waals surface area contributed by atoms with E-state index in [2.05, 4.69) is 98.7 Å². The lowest BCUT2D eigenvalue weighted by molar-refractivity contribution is 0.284. The Morgan fingerprint density at radius 2 is 1.27 bits per heavy atom. The molecule has 3 nitrogen and oxygen atoms in total. The van der Waals surface area contributed by atoms with Crippen LogP contribution in [0.3, 0.4) is 0 Å². The summed E-state index contributed by atoms with van der Waals surface area (Å²) in [5, 5.41) is 14.7. The van der Waals surface area contributed by atoms with Crippen molar-refractivity contribution in [3.05, 3.63) is 96.6 Å². The Kier molecular flexibility index (Phi) is 6.33. The van der Waals surface area contributed by atoms with Crippen LogP contribution in [-0.2, 0) is 5.41 Å². The third-order valence-corrected chi connectivity index (χ3v) is 5.85. The molecule has 0 aliphatic rings. The van der Waals surface area contributed by atoms with Gasteiger partial charge in [0, 0.05) is 22.1 Å². The quantitative estimate of drug-likeness (QED) is 0.301. The predicted molar refractivity (Wildman–Crippen MR) is 141 cm³/mol. The molecule has 0 saturated carbocycles. The van der Waals surface area contributed by atoms with Crippen molar-refractivity contribution in [3.63, 3.8) is 0 Å². The average molecular weight is 436 g/mol. The van der Waals surface area contributed by atoms with Crippen molar-refractivity contribution in [2.45, 2.75) is 46.5 Å². The maximum Gasteiger partial charge on any atom is 0.0936 e. The summed E-state index contributed by atoms with van der Waals surface area (Å²) in [6, 6.07) is 31.1. The first-order valence-corrected chi connectivity index (χ1v) is 11.6. The zero-order chi connectivity index (χ0) is 23.5. The van der Waals surface area contributed by atoms with E-state index in [4.69, 9.17) is 0 Å². The van der Waals surface area contributed by atoms with Crippen molar-refractivity contribution in [2.75, 3.05) is 5.32 Å². The standard InChI is InChI=1S/C30H33N3/c1-29(2,3)21-30(4,5)22-15-17-23(18-16-22)31-27-19-20-28(26-14-10-9-13-25(26)27)33-32-24-11-7-6-8-12-24/h6-20,31H,21H2,1-5H3. The highest BCUT2D eigenvalue weighted by molar-refractivity contribution is 6.01. The summed E-state index contributed by atoms with van der Waals surface area (Å²) in [5.74, 6) is 0. The first-order valence-electron chi connectivity index (χ1n) is 11.6. The van der Waals surface area contributed by atoms with Crippen molar-refractivity contribution in [1.82, 2.24) is 0 Å². The molecule has 33 heavy (non-hydrogen) atoms. The second kappa shape index (κ2) is 9.19. The van der Waals surface area contributed by atoms with E-state index < -0.39 is 0 Å². The van der Waals surface area contributed by atoms with Gasteiger partial charge >= 0.3 is 0 Å². The van der Waals surface area contributed by atoms with Gasteiger partial charge in [-0.1, -0.05) is 89.2 Å². The molecule has 168 valence electrons. The largest absolute Gasteiger partial charge is 0.355 e. The fourth-order valence-electron chi connectivity index (χ4n) is 4.67. The fraction of sp³-hybridized carbons (Fsp3) is 0.267. The molecule has 0 amide bonds. The maximum atomic E-state index is 4.52. The maximum absolute atomic E-state index is 4.52. The second-order valence-electron chi connectivity index (χ2n) is 10.5. The van der Waals surface area contributed by atoms with Gasteiger partial charge in [0.05, 0.1) is 11.4 Å². The second-order valence-corrected chi connectivity index (χ2v) is 10.5. The molecule has 0 atom stereocenters. The minimum absolute atomic E-state index is 0.134. The molecule has 0 aliphatic heterocycles. The SMILES string of the molecule is CC(C)(C)CC(C)(C)c1ccc(Nc2ccc(N=Nc3ccccc3)c3ccccc23)cc1. The van der Waals surface area contributed by atoms with Crippen molar-refractivity contribution in [2.24, 2.45) is 15.6 Å². The monoisotopic (exact) mass is 435 g/mol. The summed E-state index contributed by atoms with van der Waals surface area (Å²) in [7, 11) is 0. The number of nitrogens with one attached hydrogen (secondary N) is 1. The lowest BCUT2D eigenvalue weighted by atomic mass is 9.72. The van der Waals surface area contributed by atoms with Gasteiger partial charge in [-0.3, -0.25) is 0 Å². The summed E-state index contributed by atoms with van der Waals surface area (Å²) in [6.45, 7) is 11.6. The molecule has 0 fully saturated rings. The summed E-state index contributed by atoms with van der Waals surface area (Å²) in [6.07, 6.45) is 1.14. The van der Waals surface area contributed by atoms with Crippen molar-refractivity contribution in [1.29, 1.82) is 0 Å². The Balaban J connectivity index is 1.59. The topological polar surface area (TPSA) is 36.8 Å². The van der Waals surface area contributed by atoms with E-state index in [-0.39, 0.29) is 5.41 Å². The number of hydrogen-bond donors (Lipinski definition) is 1. The molecule has 0 bridgehead atoms. The van der Waals surface area contributed by atoms with E-state index >= 15 is 0 Å². The number of hydrogen-bond acceptors (Lipinski definition) is 3. The third-order valence-electron chi connectivity index (χ3n) is 5.85. The highest BCUT2D eigenvalue weighted by Crippen LogP contribution is 2.38. The van der Waals surface area contributed by atoms with Gasteiger partial charge < -0.3 is 5.32 Å². The minimum atomic E-state index is 0.134. The van der Waals surface area contributed by atoms with E-state index in [0.717, 1.165) is 39.9 Å². The van der Waals surface area contributed by atoms with Gasteiger partial charge in [-0.25, -0.2) is 0 Å². The highest BCUT2D eigenvalue weighted by Gasteiger charge is 2.27. The van der Waals surface area contributed by atoms with Gasteiger partial charge in [-0.15, -0.1) is 5.11 Å². The van der Waals surface area contributed by atoms with Crippen molar-refractivity contribution < 1.29 is 0 Å². The van der Waals surface area contributed by atoms with Gasteiger partial charge in [-0.2, -0.15) is 5.11 Å². The molecule has 0 aliphatic carbocycles.